The number of para-hydroxylation sites is 2. The van der Waals surface area contributed by atoms with Gasteiger partial charge in [-0.25, -0.2) is 8.42 Å². The fraction of sp³-hybridized carbons (Fsp3) is 0.185. The normalized spacial score (nSPS) is 17.5. The van der Waals surface area contributed by atoms with Crippen molar-refractivity contribution in [3.05, 3.63) is 102 Å². The summed E-state index contributed by atoms with van der Waals surface area (Å²) >= 11 is 5.86. The van der Waals surface area contributed by atoms with E-state index in [4.69, 9.17) is 17.0 Å². The molecule has 2 N–H and O–H groups in total. The van der Waals surface area contributed by atoms with Gasteiger partial charge in [0.2, 0.25) is 10.0 Å². The third-order valence-electron chi connectivity index (χ3n) is 6.31. The molecular formula is C27H27N5O3S2. The highest BCUT2D eigenvalue weighted by Crippen LogP contribution is 2.43. The summed E-state index contributed by atoms with van der Waals surface area (Å²) in [5, 5.41) is 4.03. The van der Waals surface area contributed by atoms with Crippen LogP contribution in [0.1, 0.15) is 29.0 Å². The van der Waals surface area contributed by atoms with Gasteiger partial charge in [0.05, 0.1) is 36.5 Å². The van der Waals surface area contributed by atoms with Crippen LogP contribution in [0.5, 0.6) is 5.75 Å². The molecule has 190 valence electrons. The lowest BCUT2D eigenvalue weighted by atomic mass is 10.00. The number of aryl methyl sites for hydroxylation is 1. The Morgan fingerprint density at radius 2 is 1.84 bits per heavy atom. The Morgan fingerprint density at radius 1 is 1.05 bits per heavy atom. The maximum Gasteiger partial charge on any atom is 0.229 e. The van der Waals surface area contributed by atoms with Crippen molar-refractivity contribution in [1.82, 2.24) is 14.9 Å². The fourth-order valence-corrected chi connectivity index (χ4v) is 5.70. The highest BCUT2D eigenvalue weighted by atomic mass is 32.2. The molecule has 1 aliphatic heterocycles. The molecule has 8 nitrogen and oxygen atoms in total. The van der Waals surface area contributed by atoms with E-state index in [-0.39, 0.29) is 12.1 Å². The van der Waals surface area contributed by atoms with Crippen molar-refractivity contribution in [1.29, 1.82) is 0 Å². The zero-order chi connectivity index (χ0) is 26.2. The average Bonchev–Trinajstić information content (AvgIpc) is 3.49. The Kier molecular flexibility index (Phi) is 6.61. The van der Waals surface area contributed by atoms with Gasteiger partial charge in [0.25, 0.3) is 0 Å². The van der Waals surface area contributed by atoms with E-state index in [1.807, 2.05) is 73.8 Å². The summed E-state index contributed by atoms with van der Waals surface area (Å²) in [4.78, 5) is 6.69. The second kappa shape index (κ2) is 9.87. The van der Waals surface area contributed by atoms with Gasteiger partial charge in [0, 0.05) is 23.8 Å². The van der Waals surface area contributed by atoms with Crippen molar-refractivity contribution < 1.29 is 13.2 Å². The minimum absolute atomic E-state index is 0.230. The van der Waals surface area contributed by atoms with Crippen molar-refractivity contribution in [3.63, 3.8) is 0 Å². The molecule has 1 saturated heterocycles. The third kappa shape index (κ3) is 4.90. The molecule has 0 bridgehead atoms. The Hall–Kier alpha value is -3.89. The number of ether oxygens (including phenoxy) is 1. The molecule has 10 heteroatoms. The number of aromatic nitrogens is 2. The van der Waals surface area contributed by atoms with Gasteiger partial charge < -0.3 is 19.5 Å². The number of nitrogens with one attached hydrogen (secondary N) is 2. The van der Waals surface area contributed by atoms with Crippen LogP contribution in [-0.2, 0) is 10.0 Å². The molecule has 0 spiro atoms. The van der Waals surface area contributed by atoms with Gasteiger partial charge >= 0.3 is 0 Å². The van der Waals surface area contributed by atoms with Crippen molar-refractivity contribution in [2.45, 2.75) is 19.0 Å². The van der Waals surface area contributed by atoms with Gasteiger partial charge in [-0.15, -0.1) is 0 Å². The van der Waals surface area contributed by atoms with Crippen LogP contribution in [0.2, 0.25) is 0 Å². The quantitative estimate of drug-likeness (QED) is 0.332. The first-order chi connectivity index (χ1) is 17.8. The summed E-state index contributed by atoms with van der Waals surface area (Å²) in [6.07, 6.45) is 4.92. The van der Waals surface area contributed by atoms with Crippen molar-refractivity contribution in [3.8, 4) is 11.4 Å². The topological polar surface area (TPSA) is 88.5 Å². The van der Waals surface area contributed by atoms with Gasteiger partial charge in [0.15, 0.2) is 5.11 Å². The maximum absolute atomic E-state index is 11.8. The van der Waals surface area contributed by atoms with E-state index in [1.54, 1.807) is 19.4 Å². The van der Waals surface area contributed by atoms with E-state index in [0.717, 1.165) is 40.3 Å². The Bertz CT molecular complexity index is 1550. The molecule has 0 amide bonds. The van der Waals surface area contributed by atoms with E-state index in [2.05, 4.69) is 30.6 Å². The summed E-state index contributed by atoms with van der Waals surface area (Å²) in [6.45, 7) is 1.87. The van der Waals surface area contributed by atoms with Crippen molar-refractivity contribution in [2.24, 2.45) is 0 Å². The molecule has 1 fully saturated rings. The van der Waals surface area contributed by atoms with E-state index in [9.17, 15) is 8.42 Å². The fourth-order valence-electron chi connectivity index (χ4n) is 4.73. The Balaban J connectivity index is 1.65. The van der Waals surface area contributed by atoms with Gasteiger partial charge in [-0.2, -0.15) is 0 Å². The molecule has 0 radical (unpaired) electrons. The molecule has 3 heterocycles. The second-order valence-electron chi connectivity index (χ2n) is 8.84. The molecule has 2 atom stereocenters. The summed E-state index contributed by atoms with van der Waals surface area (Å²) in [6, 6.07) is 22.9. The first-order valence-electron chi connectivity index (χ1n) is 11.7. The standard InChI is InChI=1S/C27H27N5O3S2/c1-18-17-19(13-14-20(18)30-37(3,33)34)32-26(25(29-27(32)36)21-9-6-7-15-28-21)23-11-8-16-31(23)22-10-4-5-12-24(22)35-2/h4-17,25-26,30H,1-3H3,(H,29,36)/t25-,26+/m0/s1. The lowest BCUT2D eigenvalue weighted by Gasteiger charge is -2.29. The van der Waals surface area contributed by atoms with Crippen LogP contribution < -0.4 is 19.7 Å². The van der Waals surface area contributed by atoms with E-state index in [1.165, 1.54) is 0 Å². The van der Waals surface area contributed by atoms with Crippen LogP contribution >= 0.6 is 12.2 Å². The van der Waals surface area contributed by atoms with Gasteiger partial charge in [0.1, 0.15) is 11.8 Å². The number of pyridine rings is 1. The van der Waals surface area contributed by atoms with Crippen LogP contribution in [0, 0.1) is 6.92 Å². The number of sulfonamides is 1. The molecule has 0 aliphatic carbocycles. The number of anilines is 2. The Labute approximate surface area is 222 Å². The highest BCUT2D eigenvalue weighted by Gasteiger charge is 2.42. The minimum atomic E-state index is -3.40. The van der Waals surface area contributed by atoms with Crippen molar-refractivity contribution in [2.75, 3.05) is 23.0 Å². The molecule has 0 saturated carbocycles. The zero-order valence-corrected chi connectivity index (χ0v) is 22.3. The first-order valence-corrected chi connectivity index (χ1v) is 14.0. The number of hydrogen-bond donors (Lipinski definition) is 2. The van der Waals surface area contributed by atoms with Gasteiger partial charge in [-0.05, 0) is 79.3 Å². The summed E-state index contributed by atoms with van der Waals surface area (Å²) in [5.41, 5.74) is 4.91. The lowest BCUT2D eigenvalue weighted by molar-refractivity contribution is 0.412. The smallest absolute Gasteiger partial charge is 0.229 e. The van der Waals surface area contributed by atoms with Crippen LogP contribution in [0.25, 0.3) is 5.69 Å². The molecule has 5 rings (SSSR count). The van der Waals surface area contributed by atoms with E-state index >= 15 is 0 Å². The molecule has 37 heavy (non-hydrogen) atoms. The largest absolute Gasteiger partial charge is 0.495 e. The number of methoxy groups -OCH3 is 1. The molecule has 0 unspecified atom stereocenters. The number of rotatable bonds is 7. The van der Waals surface area contributed by atoms with Gasteiger partial charge in [-0.1, -0.05) is 18.2 Å². The monoisotopic (exact) mass is 533 g/mol. The predicted molar refractivity (Wildman–Crippen MR) is 150 cm³/mol. The van der Waals surface area contributed by atoms with E-state index in [0.29, 0.717) is 10.8 Å². The minimum Gasteiger partial charge on any atom is -0.495 e. The van der Waals surface area contributed by atoms with E-state index < -0.39 is 10.0 Å². The predicted octanol–water partition coefficient (Wildman–Crippen LogP) is 4.74. The Morgan fingerprint density at radius 3 is 2.54 bits per heavy atom. The SMILES string of the molecule is COc1ccccc1-n1cccc1[C@@H]1[C@H](c2ccccn2)NC(=S)N1c1ccc(NS(C)(=O)=O)c(C)c1. The third-order valence-corrected chi connectivity index (χ3v) is 7.21. The summed E-state index contributed by atoms with van der Waals surface area (Å²) < 4.78 is 33.9. The molecular weight excluding hydrogens is 506 g/mol. The zero-order valence-electron chi connectivity index (χ0n) is 20.6. The second-order valence-corrected chi connectivity index (χ2v) is 11.0. The maximum atomic E-state index is 11.8. The van der Waals surface area contributed by atoms with Crippen LogP contribution in [0.4, 0.5) is 11.4 Å². The van der Waals surface area contributed by atoms with Gasteiger partial charge in [-0.3, -0.25) is 9.71 Å². The number of hydrogen-bond acceptors (Lipinski definition) is 5. The molecule has 2 aromatic carbocycles. The van der Waals surface area contributed by atoms with Crippen molar-refractivity contribution >= 4 is 38.7 Å². The van der Waals surface area contributed by atoms with Crippen LogP contribution in [0.3, 0.4) is 0 Å². The summed E-state index contributed by atoms with van der Waals surface area (Å²) in [5.74, 6) is 0.751. The first kappa shape index (κ1) is 24.8. The van der Waals surface area contributed by atoms with Crippen LogP contribution in [-0.4, -0.2) is 36.4 Å². The van der Waals surface area contributed by atoms with Crippen LogP contribution in [0.15, 0.2) is 85.2 Å². The average molecular weight is 534 g/mol. The molecule has 2 aromatic heterocycles. The lowest BCUT2D eigenvalue weighted by Crippen LogP contribution is -2.30. The molecule has 4 aromatic rings. The summed E-state index contributed by atoms with van der Waals surface area (Å²) in [7, 11) is -1.74. The number of thiocarbonyl (C=S) groups is 1. The number of benzene rings is 2. The molecule has 1 aliphatic rings. The number of nitrogens with zero attached hydrogens (tertiary/aromatic N) is 3. The highest BCUT2D eigenvalue weighted by molar-refractivity contribution is 7.92.